The van der Waals surface area contributed by atoms with E-state index in [1.54, 1.807) is 30.3 Å². The van der Waals surface area contributed by atoms with Crippen molar-refractivity contribution in [3.05, 3.63) is 59.5 Å². The highest BCUT2D eigenvalue weighted by Gasteiger charge is 2.24. The minimum Gasteiger partial charge on any atom is -0.490 e. The molecule has 1 aromatic heterocycles. The molecule has 9 nitrogen and oxygen atoms in total. The molecule has 3 amide bonds. The van der Waals surface area contributed by atoms with E-state index in [-0.39, 0.29) is 23.8 Å². The van der Waals surface area contributed by atoms with Crippen molar-refractivity contribution in [3.63, 3.8) is 0 Å². The average molecular weight is 508 g/mol. The van der Waals surface area contributed by atoms with Crippen LogP contribution in [0.25, 0.3) is 10.1 Å². The second kappa shape index (κ2) is 10.8. The number of likely N-dealkylation sites (N-methyl/N-ethyl adjacent to an activating group) is 1. The van der Waals surface area contributed by atoms with Gasteiger partial charge in [0.25, 0.3) is 11.8 Å². The number of nitrogens with zero attached hydrogens (tertiary/aromatic N) is 1. The molecule has 1 aliphatic rings. The molecule has 0 aliphatic carbocycles. The van der Waals surface area contributed by atoms with E-state index in [4.69, 9.17) is 4.74 Å². The van der Waals surface area contributed by atoms with E-state index in [1.807, 2.05) is 32.0 Å². The van der Waals surface area contributed by atoms with Gasteiger partial charge in [0.05, 0.1) is 11.4 Å². The van der Waals surface area contributed by atoms with Crippen molar-refractivity contribution in [2.24, 2.45) is 0 Å². The first-order valence-corrected chi connectivity index (χ1v) is 12.3. The molecule has 188 valence electrons. The molecule has 0 saturated carbocycles. The topological polar surface area (TPSA) is 112 Å². The highest BCUT2D eigenvalue weighted by molar-refractivity contribution is 7.21. The molecule has 0 spiro atoms. The summed E-state index contributed by atoms with van der Waals surface area (Å²) in [5.41, 5.74) is 2.13. The number of nitrogens with one attached hydrogen (secondary N) is 4. The molecule has 2 aromatic carbocycles. The smallest absolute Gasteiger partial charge is 0.263 e. The van der Waals surface area contributed by atoms with E-state index >= 15 is 0 Å². The van der Waals surface area contributed by atoms with Crippen molar-refractivity contribution in [1.82, 2.24) is 10.2 Å². The number of carbonyl (C=O) groups excluding carboxylic acids is 3. The molecule has 3 aromatic rings. The van der Waals surface area contributed by atoms with E-state index < -0.39 is 0 Å². The van der Waals surface area contributed by atoms with Gasteiger partial charge in [-0.15, -0.1) is 11.3 Å². The molecule has 1 atom stereocenters. The second-order valence-corrected chi connectivity index (χ2v) is 9.83. The van der Waals surface area contributed by atoms with Crippen LogP contribution in [0, 0.1) is 0 Å². The Balaban J connectivity index is 1.57. The predicted octanol–water partition coefficient (Wildman–Crippen LogP) is 3.76. The summed E-state index contributed by atoms with van der Waals surface area (Å²) >= 11 is 1.40. The molecule has 2 heterocycles. The van der Waals surface area contributed by atoms with E-state index in [1.165, 1.54) is 17.4 Å². The fraction of sp³-hybridized carbons (Fsp3) is 0.269. The lowest BCUT2D eigenvalue weighted by atomic mass is 10.1. The van der Waals surface area contributed by atoms with E-state index in [2.05, 4.69) is 27.8 Å². The molecular weight excluding hydrogens is 478 g/mol. The largest absolute Gasteiger partial charge is 0.490 e. The van der Waals surface area contributed by atoms with Gasteiger partial charge in [0.15, 0.2) is 0 Å². The maximum absolute atomic E-state index is 13.1. The first-order valence-electron chi connectivity index (χ1n) is 11.5. The maximum atomic E-state index is 13.1. The standard InChI is InChI=1S/C26H29N5O4S/c1-5-22(32)30-19-13-17(7-8-20(19)35-11-10-31(3)4)29-25(33)16-6-9-21-18(12-16)23-24(36-21)26(34)28-15(2)14-27-23/h5-9,12-13,15,27H,1,10-11,14H2,2-4H3,(H,28,34)(H,29,33)(H,30,32)/t15-/m1/s1. The quantitative estimate of drug-likeness (QED) is 0.346. The lowest BCUT2D eigenvalue weighted by molar-refractivity contribution is -0.111. The number of amides is 3. The van der Waals surface area contributed by atoms with Crippen LogP contribution < -0.4 is 26.0 Å². The van der Waals surface area contributed by atoms with Crippen LogP contribution in [0.15, 0.2) is 49.1 Å². The second-order valence-electron chi connectivity index (χ2n) is 8.78. The van der Waals surface area contributed by atoms with Gasteiger partial charge in [-0.2, -0.15) is 0 Å². The average Bonchev–Trinajstić information content (AvgIpc) is 3.14. The number of hydrogen-bond acceptors (Lipinski definition) is 7. The Morgan fingerprint density at radius 2 is 2.03 bits per heavy atom. The van der Waals surface area contributed by atoms with Gasteiger partial charge < -0.3 is 30.9 Å². The number of carbonyl (C=O) groups is 3. The van der Waals surface area contributed by atoms with Crippen LogP contribution in [0.2, 0.25) is 0 Å². The Morgan fingerprint density at radius 3 is 2.78 bits per heavy atom. The number of benzene rings is 2. The third-order valence-corrected chi connectivity index (χ3v) is 6.77. The van der Waals surface area contributed by atoms with E-state index in [0.29, 0.717) is 47.3 Å². The summed E-state index contributed by atoms with van der Waals surface area (Å²) in [5.74, 6) is -0.321. The molecule has 1 aliphatic heterocycles. The van der Waals surface area contributed by atoms with Gasteiger partial charge in [-0.05, 0) is 63.5 Å². The van der Waals surface area contributed by atoms with Gasteiger partial charge in [-0.25, -0.2) is 0 Å². The Kier molecular flexibility index (Phi) is 7.56. The molecule has 10 heteroatoms. The lowest BCUT2D eigenvalue weighted by Crippen LogP contribution is -2.34. The summed E-state index contributed by atoms with van der Waals surface area (Å²) in [4.78, 5) is 40.2. The number of thiophene rings is 1. The summed E-state index contributed by atoms with van der Waals surface area (Å²) in [6.07, 6.45) is 1.17. The Bertz CT molecular complexity index is 1330. The molecule has 0 bridgehead atoms. The minimum absolute atomic E-state index is 0.00393. The van der Waals surface area contributed by atoms with Crippen LogP contribution >= 0.6 is 11.3 Å². The number of anilines is 3. The van der Waals surface area contributed by atoms with Crippen LogP contribution in [0.3, 0.4) is 0 Å². The number of ether oxygens (including phenoxy) is 1. The first-order chi connectivity index (χ1) is 17.2. The number of fused-ring (bicyclic) bond motifs is 3. The summed E-state index contributed by atoms with van der Waals surface area (Å²) < 4.78 is 6.73. The predicted molar refractivity (Wildman–Crippen MR) is 145 cm³/mol. The lowest BCUT2D eigenvalue weighted by Gasteiger charge is -2.16. The van der Waals surface area contributed by atoms with Crippen LogP contribution in [-0.2, 0) is 4.79 Å². The minimum atomic E-state index is -0.384. The number of rotatable bonds is 8. The first kappa shape index (κ1) is 25.2. The normalized spacial score (nSPS) is 14.9. The molecule has 0 fully saturated rings. The SMILES string of the molecule is C=CC(=O)Nc1cc(NC(=O)c2ccc3sc4c(c3c2)NC[C@@H](C)NC4=O)ccc1OCCN(C)C. The third kappa shape index (κ3) is 5.67. The highest BCUT2D eigenvalue weighted by Crippen LogP contribution is 2.37. The van der Waals surface area contributed by atoms with Crippen LogP contribution in [0.4, 0.5) is 17.1 Å². The highest BCUT2D eigenvalue weighted by atomic mass is 32.1. The van der Waals surface area contributed by atoms with Crippen molar-refractivity contribution in [3.8, 4) is 5.75 Å². The van der Waals surface area contributed by atoms with E-state index in [9.17, 15) is 14.4 Å². The van der Waals surface area contributed by atoms with Crippen LogP contribution in [0.1, 0.15) is 27.0 Å². The zero-order valence-corrected chi connectivity index (χ0v) is 21.3. The maximum Gasteiger partial charge on any atom is 0.263 e. The van der Waals surface area contributed by atoms with Gasteiger partial charge >= 0.3 is 0 Å². The van der Waals surface area contributed by atoms with Crippen LogP contribution in [0.5, 0.6) is 5.75 Å². The van der Waals surface area contributed by atoms with Gasteiger partial charge in [0.2, 0.25) is 5.91 Å². The molecule has 0 saturated heterocycles. The monoisotopic (exact) mass is 507 g/mol. The summed E-state index contributed by atoms with van der Waals surface area (Å²) in [7, 11) is 3.89. The molecule has 0 unspecified atom stereocenters. The van der Waals surface area contributed by atoms with Gasteiger partial charge in [0, 0.05) is 40.5 Å². The molecule has 0 radical (unpaired) electrons. The number of hydrogen-bond donors (Lipinski definition) is 4. The zero-order valence-electron chi connectivity index (χ0n) is 20.4. The summed E-state index contributed by atoms with van der Waals surface area (Å²) in [6.45, 7) is 7.17. The fourth-order valence-corrected chi connectivity index (χ4v) is 4.79. The Hall–Kier alpha value is -3.89. The third-order valence-electron chi connectivity index (χ3n) is 5.60. The summed E-state index contributed by atoms with van der Waals surface area (Å²) in [6, 6.07) is 10.4. The van der Waals surface area contributed by atoms with Gasteiger partial charge in [0.1, 0.15) is 17.2 Å². The molecule has 4 N–H and O–H groups in total. The van der Waals surface area contributed by atoms with Crippen molar-refractivity contribution >= 4 is 56.2 Å². The molecule has 4 rings (SSSR count). The van der Waals surface area contributed by atoms with Crippen molar-refractivity contribution in [2.45, 2.75) is 13.0 Å². The Morgan fingerprint density at radius 1 is 1.22 bits per heavy atom. The summed E-state index contributed by atoms with van der Waals surface area (Å²) in [5, 5.41) is 12.7. The molecule has 36 heavy (non-hydrogen) atoms. The zero-order chi connectivity index (χ0) is 25.8. The van der Waals surface area contributed by atoms with Crippen molar-refractivity contribution in [1.29, 1.82) is 0 Å². The van der Waals surface area contributed by atoms with Crippen LogP contribution in [-0.4, -0.2) is 62.5 Å². The van der Waals surface area contributed by atoms with Crippen molar-refractivity contribution in [2.75, 3.05) is 49.7 Å². The van der Waals surface area contributed by atoms with Gasteiger partial charge in [-0.1, -0.05) is 6.58 Å². The molecular formula is C26H29N5O4S. The fourth-order valence-electron chi connectivity index (χ4n) is 3.73. The van der Waals surface area contributed by atoms with Gasteiger partial charge in [-0.3, -0.25) is 14.4 Å². The Labute approximate surface area is 213 Å². The van der Waals surface area contributed by atoms with E-state index in [0.717, 1.165) is 15.8 Å². The van der Waals surface area contributed by atoms with Crippen molar-refractivity contribution < 1.29 is 19.1 Å².